The van der Waals surface area contributed by atoms with Crippen molar-refractivity contribution in [2.75, 3.05) is 6.54 Å². The third kappa shape index (κ3) is 5.13. The second-order valence-corrected chi connectivity index (χ2v) is 10.5. The van der Waals surface area contributed by atoms with Gasteiger partial charge in [0.05, 0.1) is 28.8 Å². The maximum atomic E-state index is 13.4. The first-order valence-electron chi connectivity index (χ1n) is 13.3. The van der Waals surface area contributed by atoms with Gasteiger partial charge in [-0.2, -0.15) is 13.2 Å². The molecule has 1 saturated carbocycles. The lowest BCUT2D eigenvalue weighted by Crippen LogP contribution is -2.36. The molecule has 210 valence electrons. The van der Waals surface area contributed by atoms with Crippen molar-refractivity contribution in [1.82, 2.24) is 24.8 Å². The molecule has 1 aliphatic heterocycles. The van der Waals surface area contributed by atoms with Crippen molar-refractivity contribution in [3.8, 4) is 11.1 Å². The Hall–Kier alpha value is -4.38. The highest BCUT2D eigenvalue weighted by atomic mass is 19.4. The first-order valence-corrected chi connectivity index (χ1v) is 13.3. The van der Waals surface area contributed by atoms with E-state index in [1.54, 1.807) is 12.4 Å². The highest BCUT2D eigenvalue weighted by molar-refractivity contribution is 5.82. The van der Waals surface area contributed by atoms with E-state index < -0.39 is 29.2 Å². The van der Waals surface area contributed by atoms with Gasteiger partial charge in [-0.3, -0.25) is 9.59 Å². The Balaban J connectivity index is 1.26. The van der Waals surface area contributed by atoms with Gasteiger partial charge >= 0.3 is 6.18 Å². The minimum absolute atomic E-state index is 0.0940. The molecule has 2 N–H and O–H groups in total. The predicted octanol–water partition coefficient (Wildman–Crippen LogP) is 4.33. The normalized spacial score (nSPS) is 16.9. The quantitative estimate of drug-likeness (QED) is 0.375. The zero-order valence-corrected chi connectivity index (χ0v) is 21.9. The second-order valence-electron chi connectivity index (χ2n) is 10.5. The lowest BCUT2D eigenvalue weighted by molar-refractivity contribution is -0.142. The van der Waals surface area contributed by atoms with Crippen LogP contribution in [0.4, 0.5) is 13.2 Å². The average Bonchev–Trinajstić information content (AvgIpc) is 3.81. The molecule has 2 aliphatic rings. The first kappa shape index (κ1) is 26.8. The van der Waals surface area contributed by atoms with E-state index in [0.29, 0.717) is 29.9 Å². The van der Waals surface area contributed by atoms with Crippen LogP contribution in [0.3, 0.4) is 0 Å². The number of alkyl halides is 3. The largest absolute Gasteiger partial charge is 0.416 e. The number of benzene rings is 2. The molecule has 1 amide bonds. The van der Waals surface area contributed by atoms with E-state index in [-0.39, 0.29) is 24.2 Å². The summed E-state index contributed by atoms with van der Waals surface area (Å²) < 4.78 is 39.5. The first-order chi connectivity index (χ1) is 19.7. The number of hydrogen-bond acceptors (Lipinski definition) is 6. The number of aromatic nitrogens is 4. The molecule has 4 aromatic rings. The topological polar surface area (TPSA) is 112 Å². The smallest absolute Gasteiger partial charge is 0.378 e. The SMILES string of the molecule is O=C(C(O)c1cccc(C(F)(F)F)c1)N1CCCc2nc(C3(c4cccc(-c5cncnc5)c4)CC3)[nH]c(=O)c2C1. The highest BCUT2D eigenvalue weighted by Gasteiger charge is 2.49. The molecule has 1 aliphatic carbocycles. The number of nitrogens with zero attached hydrogens (tertiary/aromatic N) is 4. The van der Waals surface area contributed by atoms with Crippen molar-refractivity contribution >= 4 is 5.91 Å². The number of carbonyl (C=O) groups is 1. The summed E-state index contributed by atoms with van der Waals surface area (Å²) in [7, 11) is 0. The van der Waals surface area contributed by atoms with Crippen molar-refractivity contribution in [3.63, 3.8) is 0 Å². The van der Waals surface area contributed by atoms with Crippen LogP contribution in [0.2, 0.25) is 0 Å². The third-order valence-electron chi connectivity index (χ3n) is 7.88. The number of aliphatic hydroxyl groups excluding tert-OH is 1. The van der Waals surface area contributed by atoms with Crippen LogP contribution < -0.4 is 5.56 Å². The summed E-state index contributed by atoms with van der Waals surface area (Å²) in [4.78, 5) is 43.8. The Morgan fingerprint density at radius 2 is 1.80 bits per heavy atom. The van der Waals surface area contributed by atoms with Gasteiger partial charge in [0.25, 0.3) is 11.5 Å². The number of rotatable bonds is 5. The van der Waals surface area contributed by atoms with E-state index in [0.717, 1.165) is 47.7 Å². The zero-order chi connectivity index (χ0) is 28.8. The Morgan fingerprint density at radius 1 is 1.05 bits per heavy atom. The number of aliphatic hydroxyl groups is 1. The molecule has 2 aromatic carbocycles. The molecule has 6 rings (SSSR count). The van der Waals surface area contributed by atoms with E-state index in [2.05, 4.69) is 21.0 Å². The fourth-order valence-corrected chi connectivity index (χ4v) is 5.47. The molecule has 0 saturated heterocycles. The number of H-pyrrole nitrogens is 1. The van der Waals surface area contributed by atoms with E-state index in [1.165, 1.54) is 17.3 Å². The molecular formula is C30H26F3N5O3. The number of carbonyl (C=O) groups excluding carboxylic acids is 1. The van der Waals surface area contributed by atoms with Gasteiger partial charge in [0.2, 0.25) is 0 Å². The number of halogens is 3. The van der Waals surface area contributed by atoms with Crippen molar-refractivity contribution in [3.05, 3.63) is 111 Å². The van der Waals surface area contributed by atoms with Gasteiger partial charge in [-0.25, -0.2) is 15.0 Å². The van der Waals surface area contributed by atoms with Crippen molar-refractivity contribution < 1.29 is 23.1 Å². The molecule has 1 atom stereocenters. The van der Waals surface area contributed by atoms with Crippen LogP contribution in [0.5, 0.6) is 0 Å². The number of amides is 1. The standard InChI is InChI=1S/C30H26F3N5O3/c31-30(32,33)22-7-2-5-19(13-22)25(39)27(41)38-11-3-8-24-23(16-38)26(40)37-28(36-24)29(9-10-29)21-6-1-4-18(12-21)20-14-34-17-35-15-20/h1-2,4-7,12-15,17,25,39H,3,8-11,16H2,(H,36,37,40). The number of fused-ring (bicyclic) bond motifs is 1. The van der Waals surface area contributed by atoms with Crippen molar-refractivity contribution in [1.29, 1.82) is 0 Å². The Kier molecular flexibility index (Phi) is 6.69. The van der Waals surface area contributed by atoms with Gasteiger partial charge < -0.3 is 15.0 Å². The maximum Gasteiger partial charge on any atom is 0.416 e. The van der Waals surface area contributed by atoms with E-state index in [4.69, 9.17) is 4.98 Å². The molecule has 0 spiro atoms. The molecule has 11 heteroatoms. The Labute approximate surface area is 232 Å². The fourth-order valence-electron chi connectivity index (χ4n) is 5.47. The molecule has 0 radical (unpaired) electrons. The van der Waals surface area contributed by atoms with E-state index >= 15 is 0 Å². The summed E-state index contributed by atoms with van der Waals surface area (Å²) >= 11 is 0. The molecule has 2 aromatic heterocycles. The number of aryl methyl sites for hydroxylation is 1. The van der Waals surface area contributed by atoms with Crippen LogP contribution in [0.25, 0.3) is 11.1 Å². The van der Waals surface area contributed by atoms with Gasteiger partial charge in [-0.05, 0) is 54.5 Å². The summed E-state index contributed by atoms with van der Waals surface area (Å²) in [5, 5.41) is 10.7. The number of nitrogens with one attached hydrogen (secondary N) is 1. The minimum atomic E-state index is -4.60. The van der Waals surface area contributed by atoms with Crippen LogP contribution in [0, 0.1) is 0 Å². The third-order valence-corrected chi connectivity index (χ3v) is 7.88. The van der Waals surface area contributed by atoms with E-state index in [1.807, 2.05) is 18.2 Å². The Morgan fingerprint density at radius 3 is 2.54 bits per heavy atom. The highest BCUT2D eigenvalue weighted by Crippen LogP contribution is 2.52. The van der Waals surface area contributed by atoms with Crippen LogP contribution in [-0.4, -0.2) is 42.4 Å². The molecule has 1 fully saturated rings. The summed E-state index contributed by atoms with van der Waals surface area (Å²) in [5.74, 6) is -0.187. The van der Waals surface area contributed by atoms with Gasteiger partial charge in [-0.15, -0.1) is 0 Å². The Bertz CT molecular complexity index is 1670. The summed E-state index contributed by atoms with van der Waals surface area (Å²) in [6.45, 7) is 0.135. The molecular weight excluding hydrogens is 535 g/mol. The van der Waals surface area contributed by atoms with Crippen LogP contribution in [0.1, 0.15) is 59.1 Å². The van der Waals surface area contributed by atoms with Gasteiger partial charge in [0.15, 0.2) is 6.10 Å². The molecule has 0 bridgehead atoms. The van der Waals surface area contributed by atoms with E-state index in [9.17, 15) is 27.9 Å². The second kappa shape index (κ2) is 10.2. The molecule has 1 unspecified atom stereocenters. The maximum absolute atomic E-state index is 13.4. The summed E-state index contributed by atoms with van der Waals surface area (Å²) in [5.41, 5.74) is 1.87. The van der Waals surface area contributed by atoms with Gasteiger partial charge in [-0.1, -0.05) is 36.4 Å². The number of aromatic amines is 1. The average molecular weight is 562 g/mol. The molecule has 41 heavy (non-hydrogen) atoms. The van der Waals surface area contributed by atoms with Crippen molar-refractivity contribution in [2.24, 2.45) is 0 Å². The molecule has 3 heterocycles. The van der Waals surface area contributed by atoms with Gasteiger partial charge in [0.1, 0.15) is 12.2 Å². The monoisotopic (exact) mass is 561 g/mol. The zero-order valence-electron chi connectivity index (χ0n) is 21.9. The molecule has 8 nitrogen and oxygen atoms in total. The van der Waals surface area contributed by atoms with Crippen LogP contribution in [-0.2, 0) is 29.4 Å². The van der Waals surface area contributed by atoms with Crippen LogP contribution in [0.15, 0.2) is 72.0 Å². The fraction of sp³-hybridized carbons (Fsp3) is 0.300. The summed E-state index contributed by atoms with van der Waals surface area (Å²) in [6.07, 6.45) is 1.13. The lowest BCUT2D eigenvalue weighted by Gasteiger charge is -2.24. The van der Waals surface area contributed by atoms with Crippen molar-refractivity contribution in [2.45, 2.75) is 49.9 Å². The van der Waals surface area contributed by atoms with Crippen LogP contribution >= 0.6 is 0 Å². The lowest BCUT2D eigenvalue weighted by atomic mass is 9.92. The minimum Gasteiger partial charge on any atom is -0.378 e. The summed E-state index contributed by atoms with van der Waals surface area (Å²) in [6, 6.07) is 12.1. The number of hydrogen-bond donors (Lipinski definition) is 2. The predicted molar refractivity (Wildman–Crippen MR) is 142 cm³/mol. The van der Waals surface area contributed by atoms with Gasteiger partial charge in [0, 0.05) is 24.5 Å².